The van der Waals surface area contributed by atoms with Gasteiger partial charge in [-0.15, -0.1) is 13.2 Å². The number of rotatable bonds is 6. The molecule has 2 rings (SSSR count). The van der Waals surface area contributed by atoms with Crippen LogP contribution in [0.1, 0.15) is 11.4 Å². The quantitative estimate of drug-likeness (QED) is 0.886. The molecule has 0 radical (unpaired) electrons. The van der Waals surface area contributed by atoms with Crippen LogP contribution in [0.15, 0.2) is 24.3 Å². The molecule has 1 aromatic carbocycles. The van der Waals surface area contributed by atoms with Gasteiger partial charge in [0.2, 0.25) is 5.13 Å². The monoisotopic (exact) mass is 319 g/mol. The minimum absolute atomic E-state index is 0.147. The maximum Gasteiger partial charge on any atom is 0.573 e. The summed E-state index contributed by atoms with van der Waals surface area (Å²) in [6.45, 7) is 0.430. The van der Waals surface area contributed by atoms with Crippen LogP contribution in [0.2, 0.25) is 0 Å². The number of hydrogen-bond donors (Lipinski definition) is 1. The highest BCUT2D eigenvalue weighted by Crippen LogP contribution is 2.27. The number of halogens is 3. The average Bonchev–Trinajstić information content (AvgIpc) is 2.84. The van der Waals surface area contributed by atoms with E-state index < -0.39 is 6.36 Å². The Hall–Kier alpha value is -1.87. The minimum Gasteiger partial charge on any atom is -0.405 e. The number of nitrogens with zero attached hydrogens (tertiary/aromatic N) is 2. The van der Waals surface area contributed by atoms with E-state index in [1.54, 1.807) is 12.1 Å². The van der Waals surface area contributed by atoms with Gasteiger partial charge in [0.25, 0.3) is 0 Å². The molecule has 0 bridgehead atoms. The number of hydrogen-bond acceptors (Lipinski definition) is 6. The van der Waals surface area contributed by atoms with Crippen LogP contribution in [0.4, 0.5) is 18.3 Å². The number of alkyl halides is 3. The molecule has 0 atom stereocenters. The van der Waals surface area contributed by atoms with Gasteiger partial charge in [-0.05, 0) is 6.07 Å². The summed E-state index contributed by atoms with van der Waals surface area (Å²) in [5, 5.41) is 3.41. The maximum absolute atomic E-state index is 12.3. The summed E-state index contributed by atoms with van der Waals surface area (Å²) in [6.07, 6.45) is -4.72. The summed E-state index contributed by atoms with van der Waals surface area (Å²) in [5.41, 5.74) is 0.373. The Balaban J connectivity index is 2.02. The van der Waals surface area contributed by atoms with Gasteiger partial charge in [0.05, 0.1) is 0 Å². The van der Waals surface area contributed by atoms with Crippen LogP contribution in [0.25, 0.3) is 0 Å². The highest BCUT2D eigenvalue weighted by Gasteiger charge is 2.31. The van der Waals surface area contributed by atoms with Crippen LogP contribution < -0.4 is 10.1 Å². The lowest BCUT2D eigenvalue weighted by Gasteiger charge is -2.13. The highest BCUT2D eigenvalue weighted by atomic mass is 32.1. The Morgan fingerprint density at radius 2 is 2.05 bits per heavy atom. The van der Waals surface area contributed by atoms with Crippen LogP contribution in [-0.2, 0) is 17.9 Å². The highest BCUT2D eigenvalue weighted by molar-refractivity contribution is 7.09. The molecule has 0 saturated heterocycles. The predicted octanol–water partition coefficient (Wildman–Crippen LogP) is 3.20. The van der Waals surface area contributed by atoms with Crippen LogP contribution >= 0.6 is 11.5 Å². The molecule has 9 heteroatoms. The molecule has 2 aromatic rings. The first-order valence-electron chi connectivity index (χ1n) is 5.87. The van der Waals surface area contributed by atoms with E-state index >= 15 is 0 Å². The predicted molar refractivity (Wildman–Crippen MR) is 71.1 cm³/mol. The van der Waals surface area contributed by atoms with Crippen molar-refractivity contribution in [3.63, 3.8) is 0 Å². The fraction of sp³-hybridized carbons (Fsp3) is 0.333. The second-order valence-corrected chi connectivity index (χ2v) is 4.71. The lowest BCUT2D eigenvalue weighted by molar-refractivity contribution is -0.274. The zero-order chi connectivity index (χ0) is 15.3. The van der Waals surface area contributed by atoms with Gasteiger partial charge in [-0.1, -0.05) is 18.2 Å². The van der Waals surface area contributed by atoms with Crippen molar-refractivity contribution in [2.24, 2.45) is 0 Å². The SMILES string of the molecule is COCc1nsc(NCc2ccccc2OC(F)(F)F)n1. The topological polar surface area (TPSA) is 56.3 Å². The Bertz CT molecular complexity index is 589. The van der Waals surface area contributed by atoms with Crippen LogP contribution in [0.5, 0.6) is 5.75 Å². The molecule has 114 valence electrons. The molecule has 0 aliphatic carbocycles. The Kier molecular flexibility index (Phi) is 4.97. The Labute approximate surface area is 122 Å². The number of aromatic nitrogens is 2. The third-order valence-electron chi connectivity index (χ3n) is 2.37. The zero-order valence-corrected chi connectivity index (χ0v) is 11.8. The first-order chi connectivity index (χ1) is 9.98. The number of nitrogens with one attached hydrogen (secondary N) is 1. The second kappa shape index (κ2) is 6.72. The molecule has 0 fully saturated rings. The van der Waals surface area contributed by atoms with Crippen molar-refractivity contribution in [3.8, 4) is 5.75 Å². The summed E-state index contributed by atoms with van der Waals surface area (Å²) >= 11 is 1.11. The van der Waals surface area contributed by atoms with E-state index in [0.29, 0.717) is 16.5 Å². The number of benzene rings is 1. The molecule has 0 aliphatic rings. The van der Waals surface area contributed by atoms with Gasteiger partial charge in [0.1, 0.15) is 12.4 Å². The Morgan fingerprint density at radius 1 is 1.29 bits per heavy atom. The summed E-state index contributed by atoms with van der Waals surface area (Å²) in [5.74, 6) is 0.281. The van der Waals surface area contributed by atoms with Crippen molar-refractivity contribution in [1.29, 1.82) is 0 Å². The second-order valence-electron chi connectivity index (χ2n) is 3.96. The van der Waals surface area contributed by atoms with Crippen molar-refractivity contribution >= 4 is 16.7 Å². The summed E-state index contributed by atoms with van der Waals surface area (Å²) in [6, 6.07) is 5.93. The fourth-order valence-electron chi connectivity index (χ4n) is 1.56. The van der Waals surface area contributed by atoms with Gasteiger partial charge in [-0.25, -0.2) is 4.98 Å². The molecule has 5 nitrogen and oxygen atoms in total. The van der Waals surface area contributed by atoms with Crippen molar-refractivity contribution in [2.45, 2.75) is 19.5 Å². The lowest BCUT2D eigenvalue weighted by atomic mass is 10.2. The summed E-state index contributed by atoms with van der Waals surface area (Å²) in [4.78, 5) is 4.13. The van der Waals surface area contributed by atoms with Crippen molar-refractivity contribution in [2.75, 3.05) is 12.4 Å². The molecule has 0 unspecified atom stereocenters. The van der Waals surface area contributed by atoms with Crippen molar-refractivity contribution in [1.82, 2.24) is 9.36 Å². The molecule has 1 aromatic heterocycles. The van der Waals surface area contributed by atoms with Gasteiger partial charge in [-0.2, -0.15) is 4.37 Å². The molecule has 0 saturated carbocycles. The van der Waals surface area contributed by atoms with E-state index in [0.717, 1.165) is 11.5 Å². The van der Waals surface area contributed by atoms with E-state index in [4.69, 9.17) is 4.74 Å². The van der Waals surface area contributed by atoms with E-state index in [1.165, 1.54) is 19.2 Å². The third kappa shape index (κ3) is 4.87. The fourth-order valence-corrected chi connectivity index (χ4v) is 2.13. The van der Waals surface area contributed by atoms with Gasteiger partial charge < -0.3 is 14.8 Å². The standard InChI is InChI=1S/C12H12F3N3O2S/c1-19-7-10-17-11(21-18-10)16-6-8-4-2-3-5-9(8)20-12(13,14)15/h2-5H,6-7H2,1H3,(H,16,17,18). The van der Waals surface area contributed by atoms with Crippen LogP contribution in [-0.4, -0.2) is 22.8 Å². The molecule has 0 aliphatic heterocycles. The summed E-state index contributed by atoms with van der Waals surface area (Å²) < 4.78 is 49.8. The third-order valence-corrected chi connectivity index (χ3v) is 3.08. The Morgan fingerprint density at radius 3 is 2.76 bits per heavy atom. The number of ether oxygens (including phenoxy) is 2. The molecule has 0 spiro atoms. The summed E-state index contributed by atoms with van der Waals surface area (Å²) in [7, 11) is 1.53. The molecule has 1 heterocycles. The van der Waals surface area contributed by atoms with Gasteiger partial charge in [-0.3, -0.25) is 0 Å². The number of anilines is 1. The number of para-hydroxylation sites is 1. The van der Waals surface area contributed by atoms with Crippen LogP contribution in [0.3, 0.4) is 0 Å². The molecular weight excluding hydrogens is 307 g/mol. The van der Waals surface area contributed by atoms with E-state index in [9.17, 15) is 13.2 Å². The molecular formula is C12H12F3N3O2S. The van der Waals surface area contributed by atoms with Gasteiger partial charge in [0.15, 0.2) is 5.82 Å². The maximum atomic E-state index is 12.3. The van der Waals surface area contributed by atoms with Gasteiger partial charge >= 0.3 is 6.36 Å². The van der Waals surface area contributed by atoms with Crippen molar-refractivity contribution in [3.05, 3.63) is 35.7 Å². The van der Waals surface area contributed by atoms with Gasteiger partial charge in [0, 0.05) is 30.8 Å². The zero-order valence-electron chi connectivity index (χ0n) is 11.0. The van der Waals surface area contributed by atoms with Crippen molar-refractivity contribution < 1.29 is 22.6 Å². The van der Waals surface area contributed by atoms with E-state index in [-0.39, 0.29) is 18.9 Å². The van der Waals surface area contributed by atoms with E-state index in [1.807, 2.05) is 0 Å². The van der Waals surface area contributed by atoms with Crippen LogP contribution in [0, 0.1) is 0 Å². The average molecular weight is 319 g/mol. The first-order valence-corrected chi connectivity index (χ1v) is 6.64. The molecule has 0 amide bonds. The molecule has 1 N–H and O–H groups in total. The largest absolute Gasteiger partial charge is 0.573 e. The lowest BCUT2D eigenvalue weighted by Crippen LogP contribution is -2.18. The van der Waals surface area contributed by atoms with E-state index in [2.05, 4.69) is 19.4 Å². The smallest absolute Gasteiger partial charge is 0.405 e. The normalized spacial score (nSPS) is 11.4. The first kappa shape index (κ1) is 15.5. The molecule has 21 heavy (non-hydrogen) atoms. The number of methoxy groups -OCH3 is 1. The minimum atomic E-state index is -4.72.